The van der Waals surface area contributed by atoms with Gasteiger partial charge in [0.15, 0.2) is 0 Å². The number of likely N-dealkylation sites (tertiary alicyclic amines) is 1. The van der Waals surface area contributed by atoms with Crippen LogP contribution in [0, 0.1) is 5.92 Å². The third kappa shape index (κ3) is 5.04. The summed E-state index contributed by atoms with van der Waals surface area (Å²) >= 11 is 0. The van der Waals surface area contributed by atoms with E-state index >= 15 is 0 Å². The normalized spacial score (nSPS) is 23.3. The number of ether oxygens (including phenoxy) is 2. The number of rotatable bonds is 3. The van der Waals surface area contributed by atoms with Crippen molar-refractivity contribution in [3.8, 4) is 0 Å². The molecule has 1 amide bonds. The number of amides is 1. The standard InChI is InChI=1S/C13H22FNO4/c1-13(2,3)19-12(17)15-7-9(10(14)8-15)5-6-11(16)18-4/h9-10H,5-8H2,1-4H3/t9-,10-/m1/s1. The van der Waals surface area contributed by atoms with Gasteiger partial charge in [-0.15, -0.1) is 0 Å². The molecule has 19 heavy (non-hydrogen) atoms. The van der Waals surface area contributed by atoms with Crippen LogP contribution in [0.3, 0.4) is 0 Å². The van der Waals surface area contributed by atoms with Crippen molar-refractivity contribution in [2.45, 2.75) is 45.4 Å². The van der Waals surface area contributed by atoms with Crippen molar-refractivity contribution >= 4 is 12.1 Å². The van der Waals surface area contributed by atoms with Gasteiger partial charge in [0, 0.05) is 18.9 Å². The maximum absolute atomic E-state index is 13.8. The fraction of sp³-hybridized carbons (Fsp3) is 0.846. The van der Waals surface area contributed by atoms with E-state index in [-0.39, 0.29) is 31.4 Å². The molecule has 0 saturated carbocycles. The van der Waals surface area contributed by atoms with Gasteiger partial charge in [-0.25, -0.2) is 9.18 Å². The van der Waals surface area contributed by atoms with Crippen molar-refractivity contribution in [2.75, 3.05) is 20.2 Å². The number of halogens is 1. The molecule has 5 nitrogen and oxygen atoms in total. The molecule has 1 fully saturated rings. The van der Waals surface area contributed by atoms with E-state index in [9.17, 15) is 14.0 Å². The zero-order chi connectivity index (χ0) is 14.6. The molecule has 1 saturated heterocycles. The summed E-state index contributed by atoms with van der Waals surface area (Å²) in [6.07, 6.45) is -1.07. The number of alkyl halides is 1. The van der Waals surface area contributed by atoms with Crippen LogP contribution in [-0.4, -0.2) is 48.9 Å². The predicted octanol–water partition coefficient (Wildman–Crippen LogP) is 2.14. The quantitative estimate of drug-likeness (QED) is 0.740. The summed E-state index contributed by atoms with van der Waals surface area (Å²) in [5.74, 6) is -0.686. The maximum atomic E-state index is 13.8. The van der Waals surface area contributed by atoms with Crippen LogP contribution in [0.1, 0.15) is 33.6 Å². The highest BCUT2D eigenvalue weighted by Gasteiger charge is 2.37. The minimum absolute atomic E-state index is 0.0285. The lowest BCUT2D eigenvalue weighted by atomic mass is 10.0. The fourth-order valence-electron chi connectivity index (χ4n) is 1.98. The Hall–Kier alpha value is -1.33. The second-order valence-electron chi connectivity index (χ2n) is 5.78. The molecule has 1 rings (SSSR count). The molecule has 0 unspecified atom stereocenters. The van der Waals surface area contributed by atoms with Crippen molar-refractivity contribution < 1.29 is 23.5 Å². The van der Waals surface area contributed by atoms with Gasteiger partial charge in [-0.2, -0.15) is 0 Å². The lowest BCUT2D eigenvalue weighted by Crippen LogP contribution is -2.35. The van der Waals surface area contributed by atoms with Crippen molar-refractivity contribution in [1.82, 2.24) is 4.90 Å². The van der Waals surface area contributed by atoms with E-state index < -0.39 is 17.9 Å². The number of esters is 1. The Balaban J connectivity index is 2.45. The monoisotopic (exact) mass is 275 g/mol. The van der Waals surface area contributed by atoms with E-state index in [1.54, 1.807) is 20.8 Å². The van der Waals surface area contributed by atoms with Gasteiger partial charge < -0.3 is 14.4 Å². The fourth-order valence-corrected chi connectivity index (χ4v) is 1.98. The van der Waals surface area contributed by atoms with Gasteiger partial charge in [0.2, 0.25) is 0 Å². The van der Waals surface area contributed by atoms with Gasteiger partial charge in [-0.05, 0) is 27.2 Å². The van der Waals surface area contributed by atoms with E-state index in [0.29, 0.717) is 6.42 Å². The molecule has 1 heterocycles. The molecule has 2 atom stereocenters. The summed E-state index contributed by atoms with van der Waals surface area (Å²) in [5, 5.41) is 0. The second-order valence-corrected chi connectivity index (χ2v) is 5.78. The van der Waals surface area contributed by atoms with E-state index in [2.05, 4.69) is 4.74 Å². The molecule has 0 aromatic rings. The molecular formula is C13H22FNO4. The number of carbonyl (C=O) groups is 2. The largest absolute Gasteiger partial charge is 0.469 e. The Morgan fingerprint density at radius 2 is 1.95 bits per heavy atom. The third-order valence-electron chi connectivity index (χ3n) is 2.96. The SMILES string of the molecule is COC(=O)CC[C@@H]1CN(C(=O)OC(C)(C)C)C[C@H]1F. The van der Waals surface area contributed by atoms with Crippen LogP contribution >= 0.6 is 0 Å². The zero-order valence-corrected chi connectivity index (χ0v) is 11.9. The summed E-state index contributed by atoms with van der Waals surface area (Å²) in [6.45, 7) is 5.61. The molecule has 0 aromatic carbocycles. The predicted molar refractivity (Wildman–Crippen MR) is 67.4 cm³/mol. The summed E-state index contributed by atoms with van der Waals surface area (Å²) in [4.78, 5) is 24.2. The Morgan fingerprint density at radius 1 is 1.32 bits per heavy atom. The average Bonchev–Trinajstić information content (AvgIpc) is 2.65. The summed E-state index contributed by atoms with van der Waals surface area (Å²) < 4.78 is 23.5. The molecule has 110 valence electrons. The molecule has 0 bridgehead atoms. The molecule has 6 heteroatoms. The van der Waals surface area contributed by atoms with Crippen molar-refractivity contribution in [3.63, 3.8) is 0 Å². The van der Waals surface area contributed by atoms with Gasteiger partial charge in [0.25, 0.3) is 0 Å². The van der Waals surface area contributed by atoms with E-state index in [0.717, 1.165) is 0 Å². The number of hydrogen-bond donors (Lipinski definition) is 0. The summed E-state index contributed by atoms with van der Waals surface area (Å²) in [5.41, 5.74) is -0.590. The van der Waals surface area contributed by atoms with Crippen molar-refractivity contribution in [2.24, 2.45) is 5.92 Å². The average molecular weight is 275 g/mol. The molecule has 0 N–H and O–H groups in total. The number of hydrogen-bond acceptors (Lipinski definition) is 4. The number of nitrogens with zero attached hydrogens (tertiary/aromatic N) is 1. The molecule has 0 spiro atoms. The Morgan fingerprint density at radius 3 is 2.47 bits per heavy atom. The van der Waals surface area contributed by atoms with Gasteiger partial charge in [0.1, 0.15) is 11.8 Å². The highest BCUT2D eigenvalue weighted by atomic mass is 19.1. The minimum atomic E-state index is -1.11. The topological polar surface area (TPSA) is 55.8 Å². The minimum Gasteiger partial charge on any atom is -0.469 e. The Labute approximate surface area is 113 Å². The molecule has 0 aromatic heterocycles. The van der Waals surface area contributed by atoms with Crippen LogP contribution in [0.25, 0.3) is 0 Å². The third-order valence-corrected chi connectivity index (χ3v) is 2.96. The smallest absolute Gasteiger partial charge is 0.410 e. The van der Waals surface area contributed by atoms with Crippen LogP contribution in [0.5, 0.6) is 0 Å². The first kappa shape index (κ1) is 15.7. The maximum Gasteiger partial charge on any atom is 0.410 e. The first-order chi connectivity index (χ1) is 8.73. The molecular weight excluding hydrogens is 253 g/mol. The van der Waals surface area contributed by atoms with E-state index in [1.807, 2.05) is 0 Å². The Kier molecular flexibility index (Phi) is 5.14. The van der Waals surface area contributed by atoms with Gasteiger partial charge in [0.05, 0.1) is 13.7 Å². The van der Waals surface area contributed by atoms with Gasteiger partial charge in [-0.3, -0.25) is 4.79 Å². The number of carbonyl (C=O) groups excluding carboxylic acids is 2. The van der Waals surface area contributed by atoms with E-state index in [4.69, 9.17) is 4.74 Å². The van der Waals surface area contributed by atoms with Gasteiger partial charge >= 0.3 is 12.1 Å². The summed E-state index contributed by atoms with van der Waals surface area (Å²) in [7, 11) is 1.30. The van der Waals surface area contributed by atoms with Crippen molar-refractivity contribution in [1.29, 1.82) is 0 Å². The van der Waals surface area contributed by atoms with Crippen molar-refractivity contribution in [3.05, 3.63) is 0 Å². The van der Waals surface area contributed by atoms with Crippen LogP contribution < -0.4 is 0 Å². The van der Waals surface area contributed by atoms with Crippen LogP contribution in [0.2, 0.25) is 0 Å². The molecule has 1 aliphatic heterocycles. The second kappa shape index (κ2) is 6.21. The highest BCUT2D eigenvalue weighted by molar-refractivity contribution is 5.69. The lowest BCUT2D eigenvalue weighted by Gasteiger charge is -2.24. The first-order valence-corrected chi connectivity index (χ1v) is 6.41. The highest BCUT2D eigenvalue weighted by Crippen LogP contribution is 2.26. The van der Waals surface area contributed by atoms with E-state index in [1.165, 1.54) is 12.0 Å². The van der Waals surface area contributed by atoms with Gasteiger partial charge in [-0.1, -0.05) is 0 Å². The first-order valence-electron chi connectivity index (χ1n) is 6.41. The molecule has 0 radical (unpaired) electrons. The summed E-state index contributed by atoms with van der Waals surface area (Å²) in [6, 6.07) is 0. The van der Waals surface area contributed by atoms with Crippen LogP contribution in [0.4, 0.5) is 9.18 Å². The molecule has 0 aliphatic carbocycles. The van der Waals surface area contributed by atoms with Crippen LogP contribution in [0.15, 0.2) is 0 Å². The Bertz CT molecular complexity index is 340. The number of methoxy groups -OCH3 is 1. The van der Waals surface area contributed by atoms with Crippen LogP contribution in [-0.2, 0) is 14.3 Å². The zero-order valence-electron chi connectivity index (χ0n) is 11.9. The molecule has 1 aliphatic rings. The lowest BCUT2D eigenvalue weighted by molar-refractivity contribution is -0.141.